The maximum atomic E-state index is 11.1. The zero-order valence-corrected chi connectivity index (χ0v) is 11.3. The highest BCUT2D eigenvalue weighted by Gasteiger charge is 2.24. The second kappa shape index (κ2) is 6.28. The molecule has 0 saturated carbocycles. The van der Waals surface area contributed by atoms with Crippen LogP contribution >= 0.6 is 0 Å². The van der Waals surface area contributed by atoms with Gasteiger partial charge in [-0.3, -0.25) is 14.3 Å². The highest BCUT2D eigenvalue weighted by molar-refractivity contribution is 7.84. The standard InChI is InChI=1S/C11H14N2O5S/c1-7(6-19(2)18)12-9-5-3-4-8(11(14)15)10(9)13(16)17/h3-5,7,12H,6H2,1-2H3,(H,14,15). The van der Waals surface area contributed by atoms with Crippen LogP contribution in [0.25, 0.3) is 0 Å². The predicted molar refractivity (Wildman–Crippen MR) is 72.1 cm³/mol. The largest absolute Gasteiger partial charge is 0.477 e. The molecule has 0 aliphatic heterocycles. The lowest BCUT2D eigenvalue weighted by Gasteiger charge is -2.14. The van der Waals surface area contributed by atoms with Gasteiger partial charge in [0.25, 0.3) is 0 Å². The third kappa shape index (κ3) is 4.02. The van der Waals surface area contributed by atoms with Crippen LogP contribution in [0.3, 0.4) is 0 Å². The van der Waals surface area contributed by atoms with E-state index in [0.717, 1.165) is 0 Å². The van der Waals surface area contributed by atoms with Gasteiger partial charge in [-0.25, -0.2) is 4.79 Å². The number of carboxylic acids is 1. The molecule has 2 N–H and O–H groups in total. The SMILES string of the molecule is CC(CS(C)=O)Nc1cccc(C(=O)O)c1[N+](=O)[O-]. The number of benzene rings is 1. The Hall–Kier alpha value is -1.96. The number of aromatic carboxylic acids is 1. The van der Waals surface area contributed by atoms with E-state index in [1.54, 1.807) is 6.92 Å². The van der Waals surface area contributed by atoms with Crippen LogP contribution in [0, 0.1) is 10.1 Å². The van der Waals surface area contributed by atoms with E-state index in [1.165, 1.54) is 24.5 Å². The van der Waals surface area contributed by atoms with Gasteiger partial charge in [0.1, 0.15) is 11.3 Å². The van der Waals surface area contributed by atoms with Crippen molar-refractivity contribution in [1.82, 2.24) is 0 Å². The number of nitro groups is 1. The first-order chi connectivity index (χ1) is 8.82. The van der Waals surface area contributed by atoms with Crippen LogP contribution in [0.1, 0.15) is 17.3 Å². The maximum Gasteiger partial charge on any atom is 0.342 e. The number of nitrogens with zero attached hydrogens (tertiary/aromatic N) is 1. The topological polar surface area (TPSA) is 110 Å². The lowest BCUT2D eigenvalue weighted by molar-refractivity contribution is -0.384. The van der Waals surface area contributed by atoms with Crippen molar-refractivity contribution in [1.29, 1.82) is 0 Å². The Labute approximate surface area is 112 Å². The fraction of sp³-hybridized carbons (Fsp3) is 0.364. The first-order valence-electron chi connectivity index (χ1n) is 5.40. The molecular weight excluding hydrogens is 272 g/mol. The van der Waals surface area contributed by atoms with Gasteiger partial charge in [-0.1, -0.05) is 6.07 Å². The van der Waals surface area contributed by atoms with Gasteiger partial charge in [0, 0.05) is 28.9 Å². The first kappa shape index (κ1) is 15.1. The summed E-state index contributed by atoms with van der Waals surface area (Å²) in [6, 6.07) is 3.76. The summed E-state index contributed by atoms with van der Waals surface area (Å²) in [5.41, 5.74) is -0.744. The molecule has 0 aromatic heterocycles. The molecule has 7 nitrogen and oxygen atoms in total. The lowest BCUT2D eigenvalue weighted by atomic mass is 10.1. The molecule has 8 heteroatoms. The minimum Gasteiger partial charge on any atom is -0.477 e. The number of nitrogens with one attached hydrogen (secondary N) is 1. The highest BCUT2D eigenvalue weighted by atomic mass is 32.2. The van der Waals surface area contributed by atoms with Gasteiger partial charge in [-0.2, -0.15) is 0 Å². The number of hydrogen-bond donors (Lipinski definition) is 2. The summed E-state index contributed by atoms with van der Waals surface area (Å²) in [4.78, 5) is 21.2. The third-order valence-corrected chi connectivity index (χ3v) is 3.31. The molecule has 0 aliphatic carbocycles. The molecule has 2 atom stereocenters. The summed E-state index contributed by atoms with van der Waals surface area (Å²) in [5, 5.41) is 22.8. The number of para-hydroxylation sites is 1. The third-order valence-electron chi connectivity index (χ3n) is 2.34. The fourth-order valence-corrected chi connectivity index (χ4v) is 2.48. The molecule has 1 rings (SSSR count). The predicted octanol–water partition coefficient (Wildman–Crippen LogP) is 1.47. The van der Waals surface area contributed by atoms with Crippen LogP contribution in [-0.2, 0) is 10.8 Å². The van der Waals surface area contributed by atoms with Crippen LogP contribution in [0.5, 0.6) is 0 Å². The zero-order chi connectivity index (χ0) is 14.6. The van der Waals surface area contributed by atoms with Gasteiger partial charge in [0.15, 0.2) is 0 Å². The number of anilines is 1. The average Bonchev–Trinajstić information content (AvgIpc) is 2.26. The normalized spacial score (nSPS) is 13.6. The summed E-state index contributed by atoms with van der Waals surface area (Å²) >= 11 is 0. The Kier molecular flexibility index (Phi) is 4.99. The second-order valence-corrected chi connectivity index (χ2v) is 5.53. The fourth-order valence-electron chi connectivity index (χ4n) is 1.69. The molecule has 0 saturated heterocycles. The minimum atomic E-state index is -1.36. The van der Waals surface area contributed by atoms with Crippen molar-refractivity contribution in [3.8, 4) is 0 Å². The Morgan fingerprint density at radius 3 is 2.68 bits per heavy atom. The molecule has 0 bridgehead atoms. The van der Waals surface area contributed by atoms with Gasteiger partial charge >= 0.3 is 11.7 Å². The molecule has 1 aromatic rings. The van der Waals surface area contributed by atoms with Gasteiger partial charge in [-0.15, -0.1) is 0 Å². The molecule has 0 aliphatic rings. The van der Waals surface area contributed by atoms with Crippen LogP contribution < -0.4 is 5.32 Å². The number of rotatable bonds is 6. The van der Waals surface area contributed by atoms with Crippen molar-refractivity contribution in [3.05, 3.63) is 33.9 Å². The van der Waals surface area contributed by atoms with Crippen molar-refractivity contribution in [2.75, 3.05) is 17.3 Å². The Balaban J connectivity index is 3.13. The van der Waals surface area contributed by atoms with Gasteiger partial charge in [0.05, 0.1) is 4.92 Å². The summed E-state index contributed by atoms with van der Waals surface area (Å²) in [7, 11) is -1.05. The van der Waals surface area contributed by atoms with Crippen LogP contribution in [0.15, 0.2) is 18.2 Å². The van der Waals surface area contributed by atoms with Crippen molar-refractivity contribution < 1.29 is 19.0 Å². The molecule has 0 heterocycles. The highest BCUT2D eigenvalue weighted by Crippen LogP contribution is 2.29. The molecule has 1 aromatic carbocycles. The van der Waals surface area contributed by atoms with Gasteiger partial charge in [-0.05, 0) is 19.1 Å². The molecule has 104 valence electrons. The number of carbonyl (C=O) groups is 1. The van der Waals surface area contributed by atoms with Crippen LogP contribution in [0.4, 0.5) is 11.4 Å². The van der Waals surface area contributed by atoms with E-state index in [-0.39, 0.29) is 17.3 Å². The molecular formula is C11H14N2O5S. The monoisotopic (exact) mass is 286 g/mol. The van der Waals surface area contributed by atoms with Crippen molar-refractivity contribution in [3.63, 3.8) is 0 Å². The van der Waals surface area contributed by atoms with Crippen LogP contribution in [0.2, 0.25) is 0 Å². The zero-order valence-electron chi connectivity index (χ0n) is 10.5. The van der Waals surface area contributed by atoms with E-state index in [9.17, 15) is 19.1 Å². The van der Waals surface area contributed by atoms with E-state index in [0.29, 0.717) is 5.75 Å². The maximum absolute atomic E-state index is 11.1. The summed E-state index contributed by atoms with van der Waals surface area (Å²) in [6.45, 7) is 1.72. The van der Waals surface area contributed by atoms with E-state index in [4.69, 9.17) is 5.11 Å². The summed E-state index contributed by atoms with van der Waals surface area (Å²) in [5.74, 6) is -1.05. The molecule has 0 amide bonds. The quantitative estimate of drug-likeness (QED) is 0.605. The Bertz CT molecular complexity index is 532. The van der Waals surface area contributed by atoms with E-state index >= 15 is 0 Å². The lowest BCUT2D eigenvalue weighted by Crippen LogP contribution is -2.23. The molecule has 0 spiro atoms. The molecule has 0 fully saturated rings. The number of carboxylic acid groups (broad SMARTS) is 1. The summed E-state index contributed by atoms with van der Waals surface area (Å²) < 4.78 is 11.1. The Morgan fingerprint density at radius 1 is 1.58 bits per heavy atom. The summed E-state index contributed by atoms with van der Waals surface area (Å²) in [6.07, 6.45) is 1.53. The van der Waals surface area contributed by atoms with E-state index in [1.807, 2.05) is 0 Å². The molecule has 19 heavy (non-hydrogen) atoms. The average molecular weight is 286 g/mol. The van der Waals surface area contributed by atoms with Crippen molar-refractivity contribution >= 4 is 28.1 Å². The minimum absolute atomic E-state index is 0.114. The smallest absolute Gasteiger partial charge is 0.342 e. The Morgan fingerprint density at radius 2 is 2.21 bits per heavy atom. The number of nitro benzene ring substituents is 1. The van der Waals surface area contributed by atoms with Crippen molar-refractivity contribution in [2.24, 2.45) is 0 Å². The van der Waals surface area contributed by atoms with Gasteiger partial charge < -0.3 is 10.4 Å². The number of hydrogen-bond acceptors (Lipinski definition) is 5. The van der Waals surface area contributed by atoms with Gasteiger partial charge in [0.2, 0.25) is 0 Å². The second-order valence-electron chi connectivity index (χ2n) is 4.05. The van der Waals surface area contributed by atoms with E-state index < -0.39 is 27.4 Å². The van der Waals surface area contributed by atoms with E-state index in [2.05, 4.69) is 5.32 Å². The first-order valence-corrected chi connectivity index (χ1v) is 7.13. The molecule has 2 unspecified atom stereocenters. The molecule has 0 radical (unpaired) electrons. The van der Waals surface area contributed by atoms with Crippen molar-refractivity contribution in [2.45, 2.75) is 13.0 Å². The van der Waals surface area contributed by atoms with Crippen LogP contribution in [-0.4, -0.2) is 38.3 Å².